The number of hydrogen-bond donors (Lipinski definition) is 0. The van der Waals surface area contributed by atoms with Crippen LogP contribution in [-0.2, 0) is 36.3 Å². The molecule has 3 aromatic carbocycles. The number of halogens is 9. The highest BCUT2D eigenvalue weighted by atomic mass is 19.4. The zero-order valence-corrected chi connectivity index (χ0v) is 18.6. The third-order valence-corrected chi connectivity index (χ3v) is 5.80. The number of carbonyl (C=O) groups is 1. The molecule has 0 aliphatic rings. The Morgan fingerprint density at radius 2 is 1.30 bits per heavy atom. The Kier molecular flexibility index (Phi) is 6.60. The van der Waals surface area contributed by atoms with Gasteiger partial charge in [0.05, 0.1) is 16.7 Å². The van der Waals surface area contributed by atoms with Crippen LogP contribution in [0.15, 0.2) is 66.9 Å². The number of aromatic nitrogens is 1. The Labute approximate surface area is 203 Å². The number of aldehydes is 1. The molecular formula is C26H16F9NO. The molecule has 0 fully saturated rings. The largest absolute Gasteiger partial charge is 0.416 e. The summed E-state index contributed by atoms with van der Waals surface area (Å²) < 4.78 is 121. The minimum absolute atomic E-state index is 0.0135. The lowest BCUT2D eigenvalue weighted by Crippen LogP contribution is -2.11. The van der Waals surface area contributed by atoms with Gasteiger partial charge in [-0.15, -0.1) is 0 Å². The molecule has 0 bridgehead atoms. The van der Waals surface area contributed by atoms with Gasteiger partial charge in [0.15, 0.2) is 0 Å². The quantitative estimate of drug-likeness (QED) is 0.189. The summed E-state index contributed by atoms with van der Waals surface area (Å²) in [6.07, 6.45) is -12.6. The maximum absolute atomic E-state index is 13.3. The van der Waals surface area contributed by atoms with Gasteiger partial charge in [-0.3, -0.25) is 0 Å². The first kappa shape index (κ1) is 26.3. The molecule has 1 aromatic heterocycles. The van der Waals surface area contributed by atoms with Gasteiger partial charge in [-0.2, -0.15) is 39.5 Å². The maximum Gasteiger partial charge on any atom is 0.416 e. The average molecular weight is 529 g/mol. The molecular weight excluding hydrogens is 513 g/mol. The minimum atomic E-state index is -5.02. The molecule has 0 atom stereocenters. The van der Waals surface area contributed by atoms with Gasteiger partial charge in [-0.25, -0.2) is 0 Å². The van der Waals surface area contributed by atoms with Crippen molar-refractivity contribution in [2.75, 3.05) is 0 Å². The van der Waals surface area contributed by atoms with Crippen LogP contribution in [0.2, 0.25) is 0 Å². The van der Waals surface area contributed by atoms with Crippen LogP contribution in [0.4, 0.5) is 39.5 Å². The van der Waals surface area contributed by atoms with Gasteiger partial charge in [0.2, 0.25) is 0 Å². The molecule has 0 saturated carbocycles. The van der Waals surface area contributed by atoms with Gasteiger partial charge in [0.1, 0.15) is 6.29 Å². The van der Waals surface area contributed by atoms with E-state index in [1.807, 2.05) is 0 Å². The monoisotopic (exact) mass is 529 g/mol. The number of fused-ring (bicyclic) bond motifs is 1. The lowest BCUT2D eigenvalue weighted by molar-refractivity contribution is -0.143. The number of carbonyl (C=O) groups excluding carboxylic acids is 1. The minimum Gasteiger partial charge on any atom is -0.343 e. The molecule has 37 heavy (non-hydrogen) atoms. The highest BCUT2D eigenvalue weighted by Gasteiger charge is 2.37. The van der Waals surface area contributed by atoms with Crippen LogP contribution in [0, 0.1) is 0 Å². The van der Waals surface area contributed by atoms with E-state index in [1.165, 1.54) is 36.5 Å². The summed E-state index contributed by atoms with van der Waals surface area (Å²) >= 11 is 0. The summed E-state index contributed by atoms with van der Waals surface area (Å²) in [5.74, 6) is 0. The molecule has 11 heteroatoms. The summed E-state index contributed by atoms with van der Waals surface area (Å²) in [6.45, 7) is -0.0135. The summed E-state index contributed by atoms with van der Waals surface area (Å²) in [5.41, 5.74) is -2.88. The molecule has 194 valence electrons. The van der Waals surface area contributed by atoms with Crippen molar-refractivity contribution in [3.05, 3.63) is 94.7 Å². The third kappa shape index (κ3) is 5.65. The van der Waals surface area contributed by atoms with Crippen LogP contribution in [0.25, 0.3) is 22.0 Å². The van der Waals surface area contributed by atoms with Gasteiger partial charge < -0.3 is 9.36 Å². The van der Waals surface area contributed by atoms with Crippen LogP contribution in [0.3, 0.4) is 0 Å². The molecule has 2 nitrogen and oxygen atoms in total. The molecule has 1 heterocycles. The van der Waals surface area contributed by atoms with Gasteiger partial charge in [-0.05, 0) is 64.7 Å². The summed E-state index contributed by atoms with van der Waals surface area (Å²) in [4.78, 5) is 11.2. The fourth-order valence-corrected chi connectivity index (χ4v) is 4.10. The predicted octanol–water partition coefficient (Wildman–Crippen LogP) is 8.15. The molecule has 0 aliphatic heterocycles. The molecule has 4 aromatic rings. The van der Waals surface area contributed by atoms with E-state index >= 15 is 0 Å². The van der Waals surface area contributed by atoms with Crippen molar-refractivity contribution in [2.24, 2.45) is 0 Å². The lowest BCUT2D eigenvalue weighted by atomic mass is 9.97. The molecule has 0 saturated heterocycles. The average Bonchev–Trinajstić information content (AvgIpc) is 3.14. The van der Waals surface area contributed by atoms with Crippen molar-refractivity contribution in [3.63, 3.8) is 0 Å². The number of alkyl halides is 9. The first-order valence-corrected chi connectivity index (χ1v) is 10.7. The third-order valence-electron chi connectivity index (χ3n) is 5.80. The van der Waals surface area contributed by atoms with E-state index in [1.54, 1.807) is 4.57 Å². The molecule has 0 amide bonds. The Balaban J connectivity index is 1.82. The van der Waals surface area contributed by atoms with Gasteiger partial charge in [-0.1, -0.05) is 18.2 Å². The van der Waals surface area contributed by atoms with Gasteiger partial charge in [0, 0.05) is 30.1 Å². The van der Waals surface area contributed by atoms with E-state index in [-0.39, 0.29) is 30.2 Å². The zero-order chi connectivity index (χ0) is 27.2. The maximum atomic E-state index is 13.3. The van der Waals surface area contributed by atoms with Crippen molar-refractivity contribution in [3.8, 4) is 11.1 Å². The van der Waals surface area contributed by atoms with Gasteiger partial charge >= 0.3 is 18.5 Å². The van der Waals surface area contributed by atoms with Crippen LogP contribution in [0.1, 0.15) is 27.8 Å². The molecule has 0 N–H and O–H groups in total. The fraction of sp³-hybridized carbons (Fsp3) is 0.192. The van der Waals surface area contributed by atoms with E-state index in [4.69, 9.17) is 0 Å². The fourth-order valence-electron chi connectivity index (χ4n) is 4.10. The normalized spacial score (nSPS) is 12.8. The van der Waals surface area contributed by atoms with Crippen LogP contribution < -0.4 is 0 Å². The van der Waals surface area contributed by atoms with Crippen LogP contribution in [0.5, 0.6) is 0 Å². The second-order valence-corrected chi connectivity index (χ2v) is 8.38. The smallest absolute Gasteiger partial charge is 0.343 e. The molecule has 0 radical (unpaired) electrons. The number of rotatable bonds is 5. The first-order valence-electron chi connectivity index (χ1n) is 10.7. The Morgan fingerprint density at radius 3 is 1.86 bits per heavy atom. The van der Waals surface area contributed by atoms with Crippen LogP contribution in [-0.4, -0.2) is 10.9 Å². The first-order chi connectivity index (χ1) is 17.2. The van der Waals surface area contributed by atoms with Crippen molar-refractivity contribution in [1.82, 2.24) is 4.57 Å². The number of hydrogen-bond acceptors (Lipinski definition) is 1. The molecule has 0 spiro atoms. The Bertz CT molecular complexity index is 1430. The lowest BCUT2D eigenvalue weighted by Gasteiger charge is -2.15. The predicted molar refractivity (Wildman–Crippen MR) is 118 cm³/mol. The highest BCUT2D eigenvalue weighted by molar-refractivity contribution is 5.90. The summed E-state index contributed by atoms with van der Waals surface area (Å²) in [7, 11) is 0. The van der Waals surface area contributed by atoms with Crippen molar-refractivity contribution < 1.29 is 44.3 Å². The van der Waals surface area contributed by atoms with Gasteiger partial charge in [0.25, 0.3) is 0 Å². The number of nitrogens with zero attached hydrogens (tertiary/aromatic N) is 1. The zero-order valence-electron chi connectivity index (χ0n) is 18.6. The standard InChI is InChI=1S/C26H16F9NO/c27-24(28,29)19-3-1-2-15(8-19)13-36-14-17(6-7-37)22-11-16(4-5-23(22)36)18-9-20(25(30,31)32)12-21(10-18)26(33,34)35/h1-5,7-12,14H,6,13H2. The molecule has 0 unspecified atom stereocenters. The van der Waals surface area contributed by atoms with E-state index in [2.05, 4.69) is 0 Å². The second kappa shape index (κ2) is 9.28. The van der Waals surface area contributed by atoms with E-state index in [0.717, 1.165) is 12.1 Å². The summed E-state index contributed by atoms with van der Waals surface area (Å²) in [6, 6.07) is 10.0. The van der Waals surface area contributed by atoms with E-state index in [0.29, 0.717) is 40.4 Å². The van der Waals surface area contributed by atoms with Crippen LogP contribution >= 0.6 is 0 Å². The Hall–Kier alpha value is -3.76. The SMILES string of the molecule is O=CCc1cn(Cc2cccc(C(F)(F)F)c2)c2ccc(-c3cc(C(F)(F)F)cc(C(F)(F)F)c3)cc12. The van der Waals surface area contributed by atoms with E-state index in [9.17, 15) is 44.3 Å². The molecule has 4 rings (SSSR count). The van der Waals surface area contributed by atoms with Crippen molar-refractivity contribution in [1.29, 1.82) is 0 Å². The van der Waals surface area contributed by atoms with E-state index < -0.39 is 35.2 Å². The number of benzene rings is 3. The summed E-state index contributed by atoms with van der Waals surface area (Å²) in [5, 5.41) is 0.377. The molecule has 0 aliphatic carbocycles. The van der Waals surface area contributed by atoms with Crippen molar-refractivity contribution in [2.45, 2.75) is 31.5 Å². The topological polar surface area (TPSA) is 22.0 Å². The van der Waals surface area contributed by atoms with Crippen molar-refractivity contribution >= 4 is 17.2 Å². The second-order valence-electron chi connectivity index (χ2n) is 8.38. The highest BCUT2D eigenvalue weighted by Crippen LogP contribution is 2.39. The Morgan fingerprint density at radius 1 is 0.676 bits per heavy atom.